The highest BCUT2D eigenvalue weighted by molar-refractivity contribution is 5.94. The van der Waals surface area contributed by atoms with Gasteiger partial charge in [-0.25, -0.2) is 13.6 Å². The Hall–Kier alpha value is -1.65. The first-order valence-electron chi connectivity index (χ1n) is 4.71. The Morgan fingerprint density at radius 3 is 2.19 bits per heavy atom. The van der Waals surface area contributed by atoms with Crippen molar-refractivity contribution >= 4 is 11.7 Å². The van der Waals surface area contributed by atoms with Crippen LogP contribution in [0.1, 0.15) is 31.1 Å². The lowest BCUT2D eigenvalue weighted by molar-refractivity contribution is 0.0697. The van der Waals surface area contributed by atoms with Gasteiger partial charge in [-0.1, -0.05) is 0 Å². The lowest BCUT2D eigenvalue weighted by atomic mass is 10.1. The van der Waals surface area contributed by atoms with Crippen LogP contribution in [0.3, 0.4) is 0 Å². The average Bonchev–Trinajstić information content (AvgIpc) is 2.07. The molecular weight excluding hydrogens is 216 g/mol. The SMILES string of the molecule is CC(C)(C)Nc1cc(F)c(F)cc1C(=O)O. The predicted octanol–water partition coefficient (Wildman–Crippen LogP) is 2.87. The van der Waals surface area contributed by atoms with Crippen molar-refractivity contribution in [2.75, 3.05) is 5.32 Å². The molecule has 0 unspecified atom stereocenters. The molecule has 0 saturated carbocycles. The summed E-state index contributed by atoms with van der Waals surface area (Å²) >= 11 is 0. The highest BCUT2D eigenvalue weighted by atomic mass is 19.2. The van der Waals surface area contributed by atoms with Crippen molar-refractivity contribution in [1.29, 1.82) is 0 Å². The maximum atomic E-state index is 13.0. The van der Waals surface area contributed by atoms with Crippen LogP contribution in [-0.2, 0) is 0 Å². The van der Waals surface area contributed by atoms with Crippen LogP contribution in [0.5, 0.6) is 0 Å². The summed E-state index contributed by atoms with van der Waals surface area (Å²) in [5, 5.41) is 11.7. The summed E-state index contributed by atoms with van der Waals surface area (Å²) in [6, 6.07) is 1.52. The van der Waals surface area contributed by atoms with Crippen molar-refractivity contribution < 1.29 is 18.7 Å². The Balaban J connectivity index is 3.25. The summed E-state index contributed by atoms with van der Waals surface area (Å²) in [4.78, 5) is 10.8. The van der Waals surface area contributed by atoms with Gasteiger partial charge in [0.1, 0.15) is 0 Å². The second kappa shape index (κ2) is 4.08. The van der Waals surface area contributed by atoms with E-state index in [4.69, 9.17) is 5.11 Å². The van der Waals surface area contributed by atoms with Gasteiger partial charge in [0.15, 0.2) is 11.6 Å². The monoisotopic (exact) mass is 229 g/mol. The predicted molar refractivity (Wildman–Crippen MR) is 56.7 cm³/mol. The first kappa shape index (κ1) is 12.4. The molecule has 16 heavy (non-hydrogen) atoms. The topological polar surface area (TPSA) is 49.3 Å². The number of nitrogens with one attached hydrogen (secondary N) is 1. The Labute approximate surface area is 92.1 Å². The van der Waals surface area contributed by atoms with Crippen molar-refractivity contribution in [2.45, 2.75) is 26.3 Å². The number of benzene rings is 1. The molecule has 0 saturated heterocycles. The summed E-state index contributed by atoms with van der Waals surface area (Å²) in [7, 11) is 0. The smallest absolute Gasteiger partial charge is 0.337 e. The summed E-state index contributed by atoms with van der Waals surface area (Å²) in [5.74, 6) is -3.54. The molecule has 1 aromatic carbocycles. The van der Waals surface area contributed by atoms with E-state index in [1.165, 1.54) is 0 Å². The van der Waals surface area contributed by atoms with Gasteiger partial charge in [0.25, 0.3) is 0 Å². The van der Waals surface area contributed by atoms with E-state index in [0.29, 0.717) is 6.07 Å². The molecule has 0 aliphatic heterocycles. The van der Waals surface area contributed by atoms with Crippen molar-refractivity contribution in [1.82, 2.24) is 0 Å². The van der Waals surface area contributed by atoms with E-state index in [1.54, 1.807) is 20.8 Å². The normalized spacial score (nSPS) is 11.3. The number of rotatable bonds is 2. The van der Waals surface area contributed by atoms with Crippen molar-refractivity contribution in [3.05, 3.63) is 29.3 Å². The molecule has 0 spiro atoms. The van der Waals surface area contributed by atoms with Gasteiger partial charge >= 0.3 is 5.97 Å². The molecule has 0 aliphatic rings. The Morgan fingerprint density at radius 1 is 1.25 bits per heavy atom. The summed E-state index contributed by atoms with van der Waals surface area (Å²) in [5.41, 5.74) is -0.651. The standard InChI is InChI=1S/C11H13F2NO2/c1-11(2,3)14-9-5-8(13)7(12)4-6(9)10(15)16/h4-5,14H,1-3H3,(H,15,16). The van der Waals surface area contributed by atoms with Crippen LogP contribution >= 0.6 is 0 Å². The quantitative estimate of drug-likeness (QED) is 0.819. The second-order valence-corrected chi connectivity index (χ2v) is 4.49. The molecule has 0 heterocycles. The number of hydrogen-bond donors (Lipinski definition) is 2. The molecular formula is C11H13F2NO2. The van der Waals surface area contributed by atoms with Crippen LogP contribution in [0.2, 0.25) is 0 Å². The highest BCUT2D eigenvalue weighted by Crippen LogP contribution is 2.23. The average molecular weight is 229 g/mol. The van der Waals surface area contributed by atoms with Gasteiger partial charge in [0, 0.05) is 11.6 Å². The Kier molecular flexibility index (Phi) is 3.16. The van der Waals surface area contributed by atoms with Crippen molar-refractivity contribution in [2.24, 2.45) is 0 Å². The number of carbonyl (C=O) groups is 1. The minimum absolute atomic E-state index is 0.0684. The third kappa shape index (κ3) is 2.92. The third-order valence-electron chi connectivity index (χ3n) is 1.80. The zero-order chi connectivity index (χ0) is 12.5. The molecule has 1 rings (SSSR count). The van der Waals surface area contributed by atoms with Crippen molar-refractivity contribution in [3.8, 4) is 0 Å². The van der Waals surface area contributed by atoms with Crippen LogP contribution in [-0.4, -0.2) is 16.6 Å². The van der Waals surface area contributed by atoms with Gasteiger partial charge in [-0.3, -0.25) is 0 Å². The highest BCUT2D eigenvalue weighted by Gasteiger charge is 2.19. The van der Waals surface area contributed by atoms with E-state index >= 15 is 0 Å². The Morgan fingerprint density at radius 2 is 1.75 bits per heavy atom. The lowest BCUT2D eigenvalue weighted by Crippen LogP contribution is -2.27. The van der Waals surface area contributed by atoms with E-state index in [1.807, 2.05) is 0 Å². The molecule has 0 radical (unpaired) electrons. The molecule has 0 atom stereocenters. The van der Waals surface area contributed by atoms with Gasteiger partial charge in [-0.05, 0) is 26.8 Å². The molecule has 0 amide bonds. The number of halogens is 2. The molecule has 2 N–H and O–H groups in total. The largest absolute Gasteiger partial charge is 0.478 e. The fraction of sp³-hybridized carbons (Fsp3) is 0.364. The maximum absolute atomic E-state index is 13.0. The van der Waals surface area contributed by atoms with Crippen LogP contribution < -0.4 is 5.32 Å². The second-order valence-electron chi connectivity index (χ2n) is 4.49. The number of carboxylic acid groups (broad SMARTS) is 1. The Bertz CT molecular complexity index is 425. The first-order chi connectivity index (χ1) is 7.20. The minimum Gasteiger partial charge on any atom is -0.478 e. The van der Waals surface area contributed by atoms with Crippen LogP contribution in [0.4, 0.5) is 14.5 Å². The van der Waals surface area contributed by atoms with Crippen molar-refractivity contribution in [3.63, 3.8) is 0 Å². The minimum atomic E-state index is -1.30. The van der Waals surface area contributed by atoms with E-state index in [-0.39, 0.29) is 11.3 Å². The number of anilines is 1. The molecule has 88 valence electrons. The number of aromatic carboxylic acids is 1. The van der Waals surface area contributed by atoms with Gasteiger partial charge < -0.3 is 10.4 Å². The van der Waals surface area contributed by atoms with Crippen LogP contribution in [0, 0.1) is 11.6 Å². The molecule has 3 nitrogen and oxygen atoms in total. The molecule has 0 bridgehead atoms. The maximum Gasteiger partial charge on any atom is 0.337 e. The molecule has 0 aromatic heterocycles. The molecule has 0 fully saturated rings. The van der Waals surface area contributed by atoms with Gasteiger partial charge in [-0.2, -0.15) is 0 Å². The zero-order valence-corrected chi connectivity index (χ0v) is 9.27. The zero-order valence-electron chi connectivity index (χ0n) is 9.27. The molecule has 0 aliphatic carbocycles. The number of carboxylic acids is 1. The van der Waals surface area contributed by atoms with Crippen LogP contribution in [0.15, 0.2) is 12.1 Å². The van der Waals surface area contributed by atoms with E-state index in [9.17, 15) is 13.6 Å². The fourth-order valence-corrected chi connectivity index (χ4v) is 1.23. The first-order valence-corrected chi connectivity index (χ1v) is 4.71. The fourth-order valence-electron chi connectivity index (χ4n) is 1.23. The van der Waals surface area contributed by atoms with Gasteiger partial charge in [-0.15, -0.1) is 0 Å². The van der Waals surface area contributed by atoms with Gasteiger partial charge in [0.05, 0.1) is 11.3 Å². The van der Waals surface area contributed by atoms with Gasteiger partial charge in [0.2, 0.25) is 0 Å². The van der Waals surface area contributed by atoms with Crippen LogP contribution in [0.25, 0.3) is 0 Å². The van der Waals surface area contributed by atoms with E-state index < -0.39 is 23.1 Å². The number of hydrogen-bond acceptors (Lipinski definition) is 2. The summed E-state index contributed by atoms with van der Waals surface area (Å²) in [6.45, 7) is 5.37. The lowest BCUT2D eigenvalue weighted by Gasteiger charge is -2.23. The van der Waals surface area contributed by atoms with E-state index in [2.05, 4.69) is 5.32 Å². The third-order valence-corrected chi connectivity index (χ3v) is 1.80. The molecule has 5 heteroatoms. The summed E-state index contributed by atoms with van der Waals surface area (Å²) in [6.07, 6.45) is 0. The summed E-state index contributed by atoms with van der Waals surface area (Å²) < 4.78 is 25.9. The van der Waals surface area contributed by atoms with E-state index in [0.717, 1.165) is 6.07 Å². The molecule has 1 aromatic rings.